The van der Waals surface area contributed by atoms with Crippen molar-refractivity contribution < 1.29 is 42.7 Å². The molecule has 1 atom stereocenters. The van der Waals surface area contributed by atoms with Crippen molar-refractivity contribution in [2.24, 2.45) is 17.8 Å². The second-order valence-corrected chi connectivity index (χ2v) is 14.6. The minimum atomic E-state index is -4.58. The van der Waals surface area contributed by atoms with Crippen molar-refractivity contribution in [2.75, 3.05) is 35.4 Å². The molecule has 1 aliphatic rings. The van der Waals surface area contributed by atoms with Gasteiger partial charge in [0.1, 0.15) is 0 Å². The highest BCUT2D eigenvalue weighted by Crippen LogP contribution is 2.42. The van der Waals surface area contributed by atoms with Crippen molar-refractivity contribution >= 4 is 42.9 Å². The number of nitrogens with zero attached hydrogens (tertiary/aromatic N) is 1. The summed E-state index contributed by atoms with van der Waals surface area (Å²) in [6.45, 7) is 13.7. The van der Waals surface area contributed by atoms with Crippen LogP contribution in [0.4, 0.5) is 21.9 Å². The van der Waals surface area contributed by atoms with Crippen molar-refractivity contribution in [3.8, 4) is 0 Å². The number of esters is 2. The molecule has 1 aliphatic carbocycles. The van der Waals surface area contributed by atoms with Gasteiger partial charge in [0.05, 0.1) is 29.8 Å². The number of aryl methyl sites for hydroxylation is 1. The quantitative estimate of drug-likeness (QED) is 0.0796. The summed E-state index contributed by atoms with van der Waals surface area (Å²) in [5, 5.41) is 5.96. The Morgan fingerprint density at radius 2 is 1.54 bits per heavy atom. The summed E-state index contributed by atoms with van der Waals surface area (Å²) < 4.78 is 26.2. The lowest BCUT2D eigenvalue weighted by Gasteiger charge is -2.31. The first-order valence-electron chi connectivity index (χ1n) is 16.7. The summed E-state index contributed by atoms with van der Waals surface area (Å²) in [5.41, 5.74) is 4.16. The van der Waals surface area contributed by atoms with Crippen LogP contribution in [-0.4, -0.2) is 53.7 Å². The topological polar surface area (TPSA) is 164 Å². The van der Waals surface area contributed by atoms with Gasteiger partial charge < -0.3 is 34.8 Å². The minimum Gasteiger partial charge on any atom is -0.428 e. The van der Waals surface area contributed by atoms with Gasteiger partial charge in [0.15, 0.2) is 0 Å². The second-order valence-electron chi connectivity index (χ2n) is 13.4. The molecule has 0 saturated heterocycles. The Balaban J connectivity index is 1.67. The van der Waals surface area contributed by atoms with Crippen molar-refractivity contribution in [3.63, 3.8) is 0 Å². The first-order chi connectivity index (χ1) is 22.6. The van der Waals surface area contributed by atoms with Crippen LogP contribution < -0.4 is 15.5 Å². The highest BCUT2D eigenvalue weighted by Gasteiger charge is 2.31. The fourth-order valence-electron chi connectivity index (χ4n) is 5.89. The lowest BCUT2D eigenvalue weighted by atomic mass is 9.88. The monoisotopic (exact) mass is 689 g/mol. The maximum absolute atomic E-state index is 13.2. The zero-order chi connectivity index (χ0) is 35.4. The van der Waals surface area contributed by atoms with E-state index in [0.717, 1.165) is 29.9 Å². The number of anilines is 3. The normalized spacial score (nSPS) is 17.1. The first-order valence-corrected chi connectivity index (χ1v) is 18.3. The summed E-state index contributed by atoms with van der Waals surface area (Å²) in [5.74, 6) is -0.931. The maximum atomic E-state index is 13.2. The summed E-state index contributed by atoms with van der Waals surface area (Å²) in [7, 11) is -4.58. The Kier molecular flexibility index (Phi) is 14.9. The molecular weight excluding hydrogens is 637 g/mol. The van der Waals surface area contributed by atoms with E-state index in [2.05, 4.69) is 43.2 Å². The van der Waals surface area contributed by atoms with Gasteiger partial charge in [0, 0.05) is 18.8 Å². The van der Waals surface area contributed by atoms with E-state index in [1.807, 2.05) is 56.3 Å². The number of phosphoric acid groups is 1. The molecule has 2 amide bonds. The number of rotatable bonds is 16. The average Bonchev–Trinajstić information content (AvgIpc) is 2.99. The number of urea groups is 1. The third kappa shape index (κ3) is 13.2. The van der Waals surface area contributed by atoms with Gasteiger partial charge in [-0.3, -0.25) is 14.1 Å². The average molecular weight is 690 g/mol. The molecule has 3 rings (SSSR count). The summed E-state index contributed by atoms with van der Waals surface area (Å²) >= 11 is 0. The van der Waals surface area contributed by atoms with Crippen LogP contribution >= 0.6 is 7.82 Å². The van der Waals surface area contributed by atoms with E-state index in [-0.39, 0.29) is 18.4 Å². The van der Waals surface area contributed by atoms with Gasteiger partial charge in [-0.25, -0.2) is 9.36 Å². The van der Waals surface area contributed by atoms with E-state index >= 15 is 0 Å². The SMILES string of the molecule is CC[C@@H](CC(=O)OCOC(=O)[C@H]1CC[C@H](OP(=O)(O)O)CC1)c1ccc(N(CC(C)C)CC(C)C)c(NC(=O)Nc2ccc(C)cc2)c1. The van der Waals surface area contributed by atoms with Crippen LogP contribution in [0.25, 0.3) is 0 Å². The molecule has 0 unspecified atom stereocenters. The highest BCUT2D eigenvalue weighted by molar-refractivity contribution is 7.46. The number of benzene rings is 2. The molecule has 1 fully saturated rings. The minimum absolute atomic E-state index is 0.0505. The number of phosphoric ester groups is 1. The van der Waals surface area contributed by atoms with Crippen LogP contribution in [0.3, 0.4) is 0 Å². The molecule has 13 heteroatoms. The van der Waals surface area contributed by atoms with Gasteiger partial charge in [-0.05, 0) is 86.6 Å². The predicted molar refractivity (Wildman–Crippen MR) is 186 cm³/mol. The summed E-state index contributed by atoms with van der Waals surface area (Å²) in [6.07, 6.45) is 1.42. The Hall–Kier alpha value is -3.44. The van der Waals surface area contributed by atoms with Crippen LogP contribution in [0.15, 0.2) is 42.5 Å². The fourth-order valence-corrected chi connectivity index (χ4v) is 6.48. The third-order valence-corrected chi connectivity index (χ3v) is 8.76. The van der Waals surface area contributed by atoms with Gasteiger partial charge in [0.25, 0.3) is 0 Å². The van der Waals surface area contributed by atoms with Gasteiger partial charge in [-0.1, -0.05) is 58.4 Å². The number of hydrogen-bond acceptors (Lipinski definition) is 8. The standard InChI is InChI=1S/C35H52N3O9P/c1-7-26(19-33(39)45-22-46-34(40)27-10-15-30(16-11-27)47-48(42,43)44)28-12-17-32(38(20-23(2)3)21-24(4)5)31(18-28)37-35(41)36-29-13-8-25(6)9-14-29/h8-9,12-14,17-18,23-24,26-27,30H,7,10-11,15-16,19-22H2,1-6H3,(H2,36,37,41)(H2,42,43,44)/t26-,27-,30-/m0/s1. The lowest BCUT2D eigenvalue weighted by Crippen LogP contribution is -2.32. The smallest absolute Gasteiger partial charge is 0.428 e. The molecule has 4 N–H and O–H groups in total. The molecule has 0 aromatic heterocycles. The number of amides is 2. The molecule has 2 aromatic rings. The molecule has 12 nitrogen and oxygen atoms in total. The zero-order valence-corrected chi connectivity index (χ0v) is 29.8. The predicted octanol–water partition coefficient (Wildman–Crippen LogP) is 7.35. The number of carbonyl (C=O) groups is 3. The molecule has 266 valence electrons. The maximum Gasteiger partial charge on any atom is 0.469 e. The fraction of sp³-hybridized carbons (Fsp3) is 0.571. The van der Waals surface area contributed by atoms with E-state index in [0.29, 0.717) is 55.3 Å². The second kappa shape index (κ2) is 18.4. The van der Waals surface area contributed by atoms with Gasteiger partial charge in [-0.2, -0.15) is 0 Å². The highest BCUT2D eigenvalue weighted by atomic mass is 31.2. The van der Waals surface area contributed by atoms with Crippen LogP contribution in [0.1, 0.15) is 90.2 Å². The van der Waals surface area contributed by atoms with Crippen LogP contribution in [0.5, 0.6) is 0 Å². The number of ether oxygens (including phenoxy) is 2. The van der Waals surface area contributed by atoms with Crippen molar-refractivity contribution in [1.29, 1.82) is 0 Å². The summed E-state index contributed by atoms with van der Waals surface area (Å²) in [4.78, 5) is 58.8. The van der Waals surface area contributed by atoms with Crippen molar-refractivity contribution in [2.45, 2.75) is 92.1 Å². The molecular formula is C35H52N3O9P. The number of hydrogen-bond donors (Lipinski definition) is 4. The molecule has 0 heterocycles. The largest absolute Gasteiger partial charge is 0.469 e. The Morgan fingerprint density at radius 1 is 0.917 bits per heavy atom. The summed E-state index contributed by atoms with van der Waals surface area (Å²) in [6, 6.07) is 13.1. The van der Waals surface area contributed by atoms with E-state index < -0.39 is 38.6 Å². The molecule has 0 bridgehead atoms. The van der Waals surface area contributed by atoms with E-state index in [9.17, 15) is 18.9 Å². The van der Waals surface area contributed by atoms with Crippen LogP contribution in [0.2, 0.25) is 0 Å². The number of carbonyl (C=O) groups excluding carboxylic acids is 3. The first kappa shape index (κ1) is 39.0. The van der Waals surface area contributed by atoms with Crippen LogP contribution in [0, 0.1) is 24.7 Å². The van der Waals surface area contributed by atoms with E-state index in [1.165, 1.54) is 0 Å². The lowest BCUT2D eigenvalue weighted by molar-refractivity contribution is -0.171. The Labute approximate surface area is 284 Å². The molecule has 0 radical (unpaired) electrons. The molecule has 48 heavy (non-hydrogen) atoms. The Morgan fingerprint density at radius 3 is 2.10 bits per heavy atom. The van der Waals surface area contributed by atoms with Gasteiger partial charge in [-0.15, -0.1) is 0 Å². The van der Waals surface area contributed by atoms with E-state index in [4.69, 9.17) is 23.8 Å². The van der Waals surface area contributed by atoms with Crippen molar-refractivity contribution in [3.05, 3.63) is 53.6 Å². The molecule has 2 aromatic carbocycles. The molecule has 0 spiro atoms. The van der Waals surface area contributed by atoms with E-state index in [1.54, 1.807) is 0 Å². The zero-order valence-electron chi connectivity index (χ0n) is 28.9. The number of nitrogens with one attached hydrogen (secondary N) is 2. The third-order valence-electron chi connectivity index (χ3n) is 8.18. The van der Waals surface area contributed by atoms with Crippen LogP contribution in [-0.2, 0) is 28.2 Å². The van der Waals surface area contributed by atoms with Gasteiger partial charge in [0.2, 0.25) is 6.79 Å². The van der Waals surface area contributed by atoms with Crippen molar-refractivity contribution in [1.82, 2.24) is 0 Å². The Bertz CT molecular complexity index is 1390. The molecule has 0 aliphatic heterocycles. The van der Waals surface area contributed by atoms with Gasteiger partial charge >= 0.3 is 25.8 Å². The molecule has 1 saturated carbocycles.